The first kappa shape index (κ1) is 26.9. The van der Waals surface area contributed by atoms with Crippen molar-refractivity contribution >= 4 is 17.7 Å². The third-order valence-electron chi connectivity index (χ3n) is 7.75. The van der Waals surface area contributed by atoms with Crippen LogP contribution < -0.4 is 4.90 Å². The number of halogens is 5. The van der Waals surface area contributed by atoms with Crippen molar-refractivity contribution in [2.75, 3.05) is 25.0 Å². The Morgan fingerprint density at radius 1 is 1.13 bits per heavy atom. The summed E-state index contributed by atoms with van der Waals surface area (Å²) in [5, 5.41) is 0. The Kier molecular flexibility index (Phi) is 6.56. The largest absolute Gasteiger partial charge is 0.433 e. The number of benzene rings is 1. The van der Waals surface area contributed by atoms with Crippen molar-refractivity contribution in [1.82, 2.24) is 14.5 Å². The fourth-order valence-corrected chi connectivity index (χ4v) is 5.04. The molecule has 1 aromatic carbocycles. The maximum absolute atomic E-state index is 14.1. The van der Waals surface area contributed by atoms with Gasteiger partial charge in [-0.05, 0) is 42.7 Å². The van der Waals surface area contributed by atoms with E-state index in [0.29, 0.717) is 30.4 Å². The Bertz CT molecular complexity index is 1460. The molecule has 0 N–H and O–H groups in total. The van der Waals surface area contributed by atoms with Gasteiger partial charge < -0.3 is 4.57 Å². The van der Waals surface area contributed by atoms with E-state index in [2.05, 4.69) is 23.8 Å². The van der Waals surface area contributed by atoms with Crippen LogP contribution in [0.2, 0.25) is 0 Å². The molecule has 5 rings (SSSR count). The van der Waals surface area contributed by atoms with Crippen molar-refractivity contribution < 1.29 is 31.2 Å². The molecule has 0 bridgehead atoms. The zero-order valence-corrected chi connectivity index (χ0v) is 21.9. The molecule has 2 aliphatic heterocycles. The molecule has 206 valence electrons. The lowest BCUT2D eigenvalue weighted by molar-refractivity contribution is -0.734. The highest BCUT2D eigenvalue weighted by Crippen LogP contribution is 2.40. The van der Waals surface area contributed by atoms with Crippen LogP contribution in [0.4, 0.5) is 27.8 Å². The van der Waals surface area contributed by atoms with Gasteiger partial charge in [-0.15, -0.1) is 0 Å². The minimum Gasteiger partial charge on any atom is -0.305 e. The van der Waals surface area contributed by atoms with E-state index in [1.54, 1.807) is 11.6 Å². The quantitative estimate of drug-likeness (QED) is 0.302. The van der Waals surface area contributed by atoms with Crippen molar-refractivity contribution in [3.63, 3.8) is 0 Å². The van der Waals surface area contributed by atoms with Gasteiger partial charge in [0.15, 0.2) is 17.5 Å². The molecule has 0 saturated heterocycles. The molecule has 7 nitrogen and oxygen atoms in total. The van der Waals surface area contributed by atoms with Gasteiger partial charge in [0, 0.05) is 11.8 Å². The van der Waals surface area contributed by atoms with E-state index in [9.17, 15) is 26.7 Å². The summed E-state index contributed by atoms with van der Waals surface area (Å²) in [6.07, 6.45) is -2.69. The van der Waals surface area contributed by atoms with Gasteiger partial charge in [-0.2, -0.15) is 17.7 Å². The molecule has 1 amide bonds. The number of guanidine groups is 1. The number of hydrogen-bond donors (Lipinski definition) is 0. The van der Waals surface area contributed by atoms with E-state index in [1.165, 1.54) is 12.1 Å². The predicted octanol–water partition coefficient (Wildman–Crippen LogP) is 5.50. The van der Waals surface area contributed by atoms with Crippen LogP contribution in [-0.4, -0.2) is 57.1 Å². The number of fused-ring (bicyclic) bond motifs is 3. The summed E-state index contributed by atoms with van der Waals surface area (Å²) < 4.78 is 68.9. The molecule has 0 spiro atoms. The van der Waals surface area contributed by atoms with Crippen LogP contribution in [-0.2, 0) is 12.7 Å². The second-order valence-corrected chi connectivity index (χ2v) is 10.2. The maximum atomic E-state index is 14.1. The van der Waals surface area contributed by atoms with E-state index in [-0.39, 0.29) is 46.0 Å². The SMILES string of the molecule is CCC(C)C1CN2C(=N1)[N+](C)(CC)C(=O)c1nc(-c3ccc(C(F)(F)F)nc3)n(Cc3ccc(F)c(F)c3)c12. The number of rotatable bonds is 6. The van der Waals surface area contributed by atoms with Gasteiger partial charge in [-0.1, -0.05) is 26.3 Å². The molecule has 0 fully saturated rings. The van der Waals surface area contributed by atoms with Crippen molar-refractivity contribution in [1.29, 1.82) is 0 Å². The Labute approximate surface area is 222 Å². The summed E-state index contributed by atoms with van der Waals surface area (Å²) >= 11 is 0. The monoisotopic (exact) mass is 547 g/mol. The number of pyridine rings is 1. The molecule has 2 aromatic heterocycles. The van der Waals surface area contributed by atoms with Gasteiger partial charge in [0.05, 0.1) is 32.7 Å². The molecule has 39 heavy (non-hydrogen) atoms. The molecule has 0 aliphatic carbocycles. The molecule has 3 aromatic rings. The van der Waals surface area contributed by atoms with Crippen LogP contribution >= 0.6 is 0 Å². The summed E-state index contributed by atoms with van der Waals surface area (Å²) in [5.74, 6) is -0.946. The number of aliphatic imine (C=N–C) groups is 1. The number of aromatic nitrogens is 3. The van der Waals surface area contributed by atoms with Gasteiger partial charge >= 0.3 is 18.0 Å². The Morgan fingerprint density at radius 3 is 2.46 bits per heavy atom. The van der Waals surface area contributed by atoms with Crippen LogP contribution in [0.25, 0.3) is 11.4 Å². The van der Waals surface area contributed by atoms with E-state index in [4.69, 9.17) is 4.99 Å². The summed E-state index contributed by atoms with van der Waals surface area (Å²) in [7, 11) is 1.77. The number of nitrogens with zero attached hydrogens (tertiary/aromatic N) is 6. The van der Waals surface area contributed by atoms with E-state index in [0.717, 1.165) is 30.8 Å². The lowest BCUT2D eigenvalue weighted by Gasteiger charge is -2.37. The lowest BCUT2D eigenvalue weighted by Crippen LogP contribution is -2.62. The number of carbonyl (C=O) groups is 1. The predicted molar refractivity (Wildman–Crippen MR) is 135 cm³/mol. The molecule has 0 saturated carbocycles. The van der Waals surface area contributed by atoms with E-state index < -0.39 is 23.5 Å². The van der Waals surface area contributed by atoms with Gasteiger partial charge in [-0.3, -0.25) is 9.88 Å². The number of anilines is 1. The average molecular weight is 548 g/mol. The van der Waals surface area contributed by atoms with Crippen LogP contribution in [0.1, 0.15) is 48.9 Å². The van der Waals surface area contributed by atoms with Crippen LogP contribution in [0, 0.1) is 17.6 Å². The van der Waals surface area contributed by atoms with Crippen LogP contribution in [0.5, 0.6) is 0 Å². The smallest absolute Gasteiger partial charge is 0.305 e. The molecule has 0 radical (unpaired) electrons. The molecule has 4 heterocycles. The fraction of sp³-hybridized carbons (Fsp3) is 0.407. The first-order valence-corrected chi connectivity index (χ1v) is 12.7. The maximum Gasteiger partial charge on any atom is 0.433 e. The van der Waals surface area contributed by atoms with E-state index >= 15 is 0 Å². The number of alkyl halides is 3. The zero-order valence-electron chi connectivity index (χ0n) is 21.9. The first-order valence-electron chi connectivity index (χ1n) is 12.7. The molecular weight excluding hydrogens is 519 g/mol. The van der Waals surface area contributed by atoms with Crippen molar-refractivity contribution in [3.8, 4) is 11.4 Å². The van der Waals surface area contributed by atoms with Gasteiger partial charge in [0.25, 0.3) is 0 Å². The lowest BCUT2D eigenvalue weighted by atomic mass is 10.0. The number of carbonyl (C=O) groups excluding carboxylic acids is 1. The summed E-state index contributed by atoms with van der Waals surface area (Å²) in [4.78, 5) is 29.0. The molecular formula is C27H28F5N6O+. The minimum absolute atomic E-state index is 0.0171. The Balaban J connectivity index is 1.72. The molecule has 3 atom stereocenters. The minimum atomic E-state index is -4.62. The number of quaternary nitrogens is 1. The van der Waals surface area contributed by atoms with Gasteiger partial charge in [-0.25, -0.2) is 23.6 Å². The number of hydrogen-bond acceptors (Lipinski definition) is 5. The topological polar surface area (TPSA) is 63.4 Å². The summed E-state index contributed by atoms with van der Waals surface area (Å²) in [6.45, 7) is 6.90. The van der Waals surface area contributed by atoms with Crippen molar-refractivity contribution in [2.45, 2.75) is 46.0 Å². The Hall–Kier alpha value is -3.67. The highest BCUT2D eigenvalue weighted by Gasteiger charge is 2.54. The number of imidazole rings is 1. The molecule has 12 heteroatoms. The summed E-state index contributed by atoms with van der Waals surface area (Å²) in [6, 6.07) is 5.47. The van der Waals surface area contributed by atoms with Crippen LogP contribution in [0.15, 0.2) is 41.5 Å². The van der Waals surface area contributed by atoms with Crippen molar-refractivity contribution in [3.05, 3.63) is 65.1 Å². The van der Waals surface area contributed by atoms with Gasteiger partial charge in [0.1, 0.15) is 11.5 Å². The zero-order chi connectivity index (χ0) is 28.3. The Morgan fingerprint density at radius 2 is 1.87 bits per heavy atom. The summed E-state index contributed by atoms with van der Waals surface area (Å²) in [5.41, 5.74) is -0.293. The second kappa shape index (κ2) is 9.51. The standard InChI is InChI=1S/C27H28F5N6O/c1-5-15(3)20-14-37-24-22(25(39)38(4,6-2)26(37)34-20)35-23(17-8-10-21(33-12-17)27(30,31)32)36(24)13-16-7-9-18(28)19(29)11-16/h7-12,15,20H,5-6,13-14H2,1-4H3/q+1. The average Bonchev–Trinajstić information content (AvgIpc) is 3.51. The first-order chi connectivity index (χ1) is 18.4. The third kappa shape index (κ3) is 4.40. The highest BCUT2D eigenvalue weighted by molar-refractivity contribution is 6.11. The van der Waals surface area contributed by atoms with Gasteiger partial charge in [0.2, 0.25) is 5.69 Å². The third-order valence-corrected chi connectivity index (χ3v) is 7.75. The number of amides is 1. The van der Waals surface area contributed by atoms with Crippen LogP contribution in [0.3, 0.4) is 0 Å². The second-order valence-electron chi connectivity index (χ2n) is 10.2. The van der Waals surface area contributed by atoms with Crippen molar-refractivity contribution in [2.24, 2.45) is 10.9 Å². The highest BCUT2D eigenvalue weighted by atomic mass is 19.4. The van der Waals surface area contributed by atoms with E-state index in [1.807, 2.05) is 11.8 Å². The molecule has 3 unspecified atom stereocenters. The normalized spacial score (nSPS) is 21.6. The molecule has 2 aliphatic rings. The fourth-order valence-electron chi connectivity index (χ4n) is 5.04.